The molecule has 1 aliphatic heterocycles. The second-order valence-corrected chi connectivity index (χ2v) is 5.61. The van der Waals surface area contributed by atoms with E-state index in [4.69, 9.17) is 0 Å². The predicted octanol–water partition coefficient (Wildman–Crippen LogP) is 1.16. The summed E-state index contributed by atoms with van der Waals surface area (Å²) in [5.74, 6) is 0.126. The Bertz CT molecular complexity index is 380. The quantitative estimate of drug-likeness (QED) is 0.871. The second-order valence-electron chi connectivity index (χ2n) is 4.83. The Labute approximate surface area is 112 Å². The van der Waals surface area contributed by atoms with Crippen LogP contribution in [0, 0.1) is 0 Å². The number of amides is 1. The Hall–Kier alpha value is -0.910. The van der Waals surface area contributed by atoms with Gasteiger partial charge in [-0.3, -0.25) is 9.69 Å². The number of aliphatic hydroxyl groups excluding tert-OH is 1. The van der Waals surface area contributed by atoms with Crippen molar-refractivity contribution in [2.24, 2.45) is 0 Å². The van der Waals surface area contributed by atoms with Gasteiger partial charge in [0, 0.05) is 19.6 Å². The van der Waals surface area contributed by atoms with E-state index in [1.807, 2.05) is 18.5 Å². The van der Waals surface area contributed by atoms with Gasteiger partial charge in [0.05, 0.1) is 13.2 Å². The summed E-state index contributed by atoms with van der Waals surface area (Å²) in [4.78, 5) is 15.9. The van der Waals surface area contributed by atoms with Crippen LogP contribution in [-0.4, -0.2) is 53.6 Å². The van der Waals surface area contributed by atoms with E-state index in [0.717, 1.165) is 19.4 Å². The summed E-state index contributed by atoms with van der Waals surface area (Å²) in [6, 6.07) is 2.21. The molecule has 1 saturated heterocycles. The molecule has 1 N–H and O–H groups in total. The number of carbonyl (C=O) groups is 1. The van der Waals surface area contributed by atoms with Gasteiger partial charge in [-0.1, -0.05) is 0 Å². The molecule has 1 fully saturated rings. The molecule has 1 aromatic heterocycles. The molecule has 0 spiro atoms. The Morgan fingerprint density at radius 2 is 2.50 bits per heavy atom. The van der Waals surface area contributed by atoms with Crippen molar-refractivity contribution in [3.8, 4) is 0 Å². The summed E-state index contributed by atoms with van der Waals surface area (Å²) in [5, 5.41) is 13.3. The minimum atomic E-state index is 0.126. The van der Waals surface area contributed by atoms with Crippen LogP contribution in [0.25, 0.3) is 0 Å². The molecule has 2 rings (SSSR count). The fourth-order valence-electron chi connectivity index (χ4n) is 2.35. The van der Waals surface area contributed by atoms with Crippen LogP contribution < -0.4 is 0 Å². The number of hydrogen-bond donors (Lipinski definition) is 1. The smallest absolute Gasteiger partial charge is 0.236 e. The van der Waals surface area contributed by atoms with Crippen LogP contribution in [0.5, 0.6) is 0 Å². The molecule has 1 aromatic rings. The molecule has 4 nitrogen and oxygen atoms in total. The zero-order valence-corrected chi connectivity index (χ0v) is 11.5. The normalized spacial score (nSPS) is 20.2. The maximum Gasteiger partial charge on any atom is 0.236 e. The van der Waals surface area contributed by atoms with Gasteiger partial charge in [-0.25, -0.2) is 0 Å². The molecule has 2 heterocycles. The minimum Gasteiger partial charge on any atom is -0.395 e. The van der Waals surface area contributed by atoms with E-state index in [9.17, 15) is 9.90 Å². The highest BCUT2D eigenvalue weighted by molar-refractivity contribution is 7.07. The highest BCUT2D eigenvalue weighted by Crippen LogP contribution is 2.16. The monoisotopic (exact) mass is 268 g/mol. The van der Waals surface area contributed by atoms with E-state index in [1.165, 1.54) is 5.56 Å². The first-order valence-electron chi connectivity index (χ1n) is 6.30. The molecule has 0 aliphatic carbocycles. The summed E-state index contributed by atoms with van der Waals surface area (Å²) < 4.78 is 0. The molecule has 5 heteroatoms. The van der Waals surface area contributed by atoms with Gasteiger partial charge in [0.1, 0.15) is 0 Å². The largest absolute Gasteiger partial charge is 0.395 e. The number of rotatable bonds is 5. The first-order valence-corrected chi connectivity index (χ1v) is 7.25. The number of thiophene rings is 1. The minimum absolute atomic E-state index is 0.126. The van der Waals surface area contributed by atoms with Gasteiger partial charge in [0.25, 0.3) is 0 Å². The lowest BCUT2D eigenvalue weighted by Crippen LogP contribution is -2.41. The Kier molecular flexibility index (Phi) is 4.74. The molecule has 0 radical (unpaired) electrons. The van der Waals surface area contributed by atoms with Crippen molar-refractivity contribution in [1.29, 1.82) is 0 Å². The van der Waals surface area contributed by atoms with Crippen LogP contribution in [0.4, 0.5) is 0 Å². The average molecular weight is 268 g/mol. The van der Waals surface area contributed by atoms with Gasteiger partial charge < -0.3 is 10.0 Å². The molecule has 1 aliphatic rings. The molecule has 0 aromatic carbocycles. The van der Waals surface area contributed by atoms with Crippen LogP contribution in [0.1, 0.15) is 18.4 Å². The van der Waals surface area contributed by atoms with Crippen LogP contribution in [0.15, 0.2) is 16.8 Å². The molecular formula is C13H20N2O2S. The topological polar surface area (TPSA) is 43.8 Å². The molecule has 100 valence electrons. The van der Waals surface area contributed by atoms with Gasteiger partial charge in [-0.2, -0.15) is 11.3 Å². The second kappa shape index (κ2) is 6.31. The van der Waals surface area contributed by atoms with Crippen LogP contribution >= 0.6 is 11.3 Å². The Balaban J connectivity index is 1.83. The van der Waals surface area contributed by atoms with Crippen molar-refractivity contribution >= 4 is 17.2 Å². The predicted molar refractivity (Wildman–Crippen MR) is 72.5 cm³/mol. The van der Waals surface area contributed by atoms with E-state index >= 15 is 0 Å². The van der Waals surface area contributed by atoms with Crippen molar-refractivity contribution < 1.29 is 9.90 Å². The van der Waals surface area contributed by atoms with E-state index in [-0.39, 0.29) is 18.6 Å². The standard InChI is InChI=1S/C13H20N2O2S/c1-14(7-11-4-6-18-10-11)13(17)8-15-5-2-3-12(15)9-16/h4,6,10,12,16H,2-3,5,7-9H2,1H3. The first kappa shape index (κ1) is 13.5. The zero-order valence-electron chi connectivity index (χ0n) is 10.7. The summed E-state index contributed by atoms with van der Waals surface area (Å²) in [6.45, 7) is 2.16. The van der Waals surface area contributed by atoms with Crippen LogP contribution in [0.3, 0.4) is 0 Å². The number of carbonyl (C=O) groups excluding carboxylic acids is 1. The third-order valence-electron chi connectivity index (χ3n) is 3.47. The SMILES string of the molecule is CN(Cc1ccsc1)C(=O)CN1CCCC1CO. The lowest BCUT2D eigenvalue weighted by Gasteiger charge is -2.25. The van der Waals surface area contributed by atoms with Gasteiger partial charge in [0.15, 0.2) is 0 Å². The third-order valence-corrected chi connectivity index (χ3v) is 4.21. The van der Waals surface area contributed by atoms with E-state index in [0.29, 0.717) is 13.1 Å². The van der Waals surface area contributed by atoms with E-state index in [2.05, 4.69) is 10.3 Å². The average Bonchev–Trinajstić information content (AvgIpc) is 2.99. The fourth-order valence-corrected chi connectivity index (χ4v) is 3.01. The molecule has 1 atom stereocenters. The lowest BCUT2D eigenvalue weighted by molar-refractivity contribution is -0.132. The number of likely N-dealkylation sites (N-methyl/N-ethyl adjacent to an activating group) is 1. The highest BCUT2D eigenvalue weighted by atomic mass is 32.1. The number of hydrogen-bond acceptors (Lipinski definition) is 4. The first-order chi connectivity index (χ1) is 8.70. The molecule has 18 heavy (non-hydrogen) atoms. The third kappa shape index (κ3) is 3.31. The molecule has 1 unspecified atom stereocenters. The maximum absolute atomic E-state index is 12.1. The number of nitrogens with zero attached hydrogens (tertiary/aromatic N) is 2. The summed E-state index contributed by atoms with van der Waals surface area (Å²) in [6.07, 6.45) is 2.07. The van der Waals surface area contributed by atoms with Crippen molar-refractivity contribution in [2.45, 2.75) is 25.4 Å². The van der Waals surface area contributed by atoms with Gasteiger partial charge in [0.2, 0.25) is 5.91 Å². The van der Waals surface area contributed by atoms with Crippen molar-refractivity contribution in [3.63, 3.8) is 0 Å². The van der Waals surface area contributed by atoms with Gasteiger partial charge in [-0.05, 0) is 41.8 Å². The van der Waals surface area contributed by atoms with Crippen molar-refractivity contribution in [2.75, 3.05) is 26.7 Å². The molecule has 0 saturated carbocycles. The summed E-state index contributed by atoms with van der Waals surface area (Å²) >= 11 is 1.65. The molecule has 0 bridgehead atoms. The Morgan fingerprint density at radius 1 is 1.67 bits per heavy atom. The van der Waals surface area contributed by atoms with Gasteiger partial charge >= 0.3 is 0 Å². The van der Waals surface area contributed by atoms with E-state index in [1.54, 1.807) is 16.2 Å². The zero-order chi connectivity index (χ0) is 13.0. The lowest BCUT2D eigenvalue weighted by atomic mass is 10.2. The van der Waals surface area contributed by atoms with Crippen LogP contribution in [0.2, 0.25) is 0 Å². The maximum atomic E-state index is 12.1. The van der Waals surface area contributed by atoms with Crippen molar-refractivity contribution in [3.05, 3.63) is 22.4 Å². The Morgan fingerprint density at radius 3 is 3.17 bits per heavy atom. The highest BCUT2D eigenvalue weighted by Gasteiger charge is 2.26. The summed E-state index contributed by atoms with van der Waals surface area (Å²) in [5.41, 5.74) is 1.18. The fraction of sp³-hybridized carbons (Fsp3) is 0.615. The van der Waals surface area contributed by atoms with E-state index < -0.39 is 0 Å². The summed E-state index contributed by atoms with van der Waals surface area (Å²) in [7, 11) is 1.84. The van der Waals surface area contributed by atoms with Gasteiger partial charge in [-0.15, -0.1) is 0 Å². The molecular weight excluding hydrogens is 248 g/mol. The van der Waals surface area contributed by atoms with Crippen molar-refractivity contribution in [1.82, 2.24) is 9.80 Å². The van der Waals surface area contributed by atoms with Crippen LogP contribution in [-0.2, 0) is 11.3 Å². The number of aliphatic hydroxyl groups is 1. The number of likely N-dealkylation sites (tertiary alicyclic amines) is 1. The molecule has 1 amide bonds.